The molecule has 1 heterocycles. The summed E-state index contributed by atoms with van der Waals surface area (Å²) >= 11 is 3.39. The van der Waals surface area contributed by atoms with E-state index >= 15 is 0 Å². The van der Waals surface area contributed by atoms with Gasteiger partial charge in [-0.2, -0.15) is 0 Å². The molecule has 5 heteroatoms. The monoisotopic (exact) mass is 323 g/mol. The molecular formula is C14H14BrNO3. The molecule has 2 rings (SSSR count). The Morgan fingerprint density at radius 2 is 2.00 bits per heavy atom. The standard InChI is InChI=1S/C14H14BrNO3/c15-12-3-1-10(2-4-12)5-7-16-9-11-6-8-19-13(11)14(17)18/h1-4,6,8,16H,5,7,9H2,(H,17,18). The molecule has 1 aromatic heterocycles. The highest BCUT2D eigenvalue weighted by Crippen LogP contribution is 2.11. The number of hydrogen-bond donors (Lipinski definition) is 2. The van der Waals surface area contributed by atoms with E-state index in [9.17, 15) is 4.79 Å². The lowest BCUT2D eigenvalue weighted by Gasteiger charge is -2.04. The van der Waals surface area contributed by atoms with Gasteiger partial charge in [0.1, 0.15) is 0 Å². The molecule has 0 atom stereocenters. The van der Waals surface area contributed by atoms with Crippen LogP contribution in [0.3, 0.4) is 0 Å². The Bertz CT molecular complexity index is 548. The Labute approximate surface area is 119 Å². The molecular weight excluding hydrogens is 310 g/mol. The van der Waals surface area contributed by atoms with Crippen LogP contribution in [0.5, 0.6) is 0 Å². The van der Waals surface area contributed by atoms with Gasteiger partial charge < -0.3 is 14.8 Å². The first-order valence-electron chi connectivity index (χ1n) is 5.91. The molecule has 19 heavy (non-hydrogen) atoms. The van der Waals surface area contributed by atoms with Gasteiger partial charge in [0.05, 0.1) is 6.26 Å². The number of nitrogens with one attached hydrogen (secondary N) is 1. The highest BCUT2D eigenvalue weighted by atomic mass is 79.9. The number of carboxylic acid groups (broad SMARTS) is 1. The molecule has 0 spiro atoms. The van der Waals surface area contributed by atoms with Crippen molar-refractivity contribution in [3.63, 3.8) is 0 Å². The van der Waals surface area contributed by atoms with Crippen molar-refractivity contribution in [1.82, 2.24) is 5.32 Å². The van der Waals surface area contributed by atoms with E-state index in [2.05, 4.69) is 33.4 Å². The zero-order valence-electron chi connectivity index (χ0n) is 10.2. The Kier molecular flexibility index (Phi) is 4.76. The summed E-state index contributed by atoms with van der Waals surface area (Å²) in [5.41, 5.74) is 1.91. The van der Waals surface area contributed by atoms with Crippen LogP contribution in [-0.2, 0) is 13.0 Å². The summed E-state index contributed by atoms with van der Waals surface area (Å²) in [6, 6.07) is 9.82. The first-order valence-corrected chi connectivity index (χ1v) is 6.71. The summed E-state index contributed by atoms with van der Waals surface area (Å²) in [4.78, 5) is 10.8. The largest absolute Gasteiger partial charge is 0.475 e. The third kappa shape index (κ3) is 3.94. The molecule has 100 valence electrons. The second-order valence-electron chi connectivity index (χ2n) is 4.13. The summed E-state index contributed by atoms with van der Waals surface area (Å²) in [5, 5.41) is 12.1. The fourth-order valence-electron chi connectivity index (χ4n) is 1.77. The van der Waals surface area contributed by atoms with E-state index in [1.165, 1.54) is 11.8 Å². The van der Waals surface area contributed by atoms with E-state index in [1.54, 1.807) is 6.07 Å². The Morgan fingerprint density at radius 3 is 2.68 bits per heavy atom. The first-order chi connectivity index (χ1) is 9.16. The first kappa shape index (κ1) is 13.8. The van der Waals surface area contributed by atoms with Crippen LogP contribution in [0.1, 0.15) is 21.7 Å². The van der Waals surface area contributed by atoms with E-state index in [1.807, 2.05) is 12.1 Å². The summed E-state index contributed by atoms with van der Waals surface area (Å²) in [6.45, 7) is 1.28. The molecule has 0 aliphatic rings. The molecule has 0 aliphatic carbocycles. The molecule has 1 aromatic carbocycles. The number of halogens is 1. The third-order valence-electron chi connectivity index (χ3n) is 2.76. The lowest BCUT2D eigenvalue weighted by molar-refractivity contribution is 0.0660. The number of benzene rings is 1. The lowest BCUT2D eigenvalue weighted by atomic mass is 10.1. The van der Waals surface area contributed by atoms with E-state index < -0.39 is 5.97 Å². The fraction of sp³-hybridized carbons (Fsp3) is 0.214. The highest BCUT2D eigenvalue weighted by Gasteiger charge is 2.12. The topological polar surface area (TPSA) is 62.5 Å². The van der Waals surface area contributed by atoms with Crippen LogP contribution in [0.2, 0.25) is 0 Å². The molecule has 0 fully saturated rings. The van der Waals surface area contributed by atoms with Gasteiger partial charge in [-0.3, -0.25) is 0 Å². The maximum atomic E-state index is 10.8. The Morgan fingerprint density at radius 1 is 1.26 bits per heavy atom. The van der Waals surface area contributed by atoms with Crippen molar-refractivity contribution in [3.05, 3.63) is 58.0 Å². The van der Waals surface area contributed by atoms with Gasteiger partial charge in [-0.25, -0.2) is 4.79 Å². The minimum atomic E-state index is -1.03. The molecule has 2 N–H and O–H groups in total. The van der Waals surface area contributed by atoms with Gasteiger partial charge in [-0.1, -0.05) is 28.1 Å². The number of carbonyl (C=O) groups is 1. The average Bonchev–Trinajstić information content (AvgIpc) is 2.85. The molecule has 0 saturated heterocycles. The van der Waals surface area contributed by atoms with E-state index in [-0.39, 0.29) is 5.76 Å². The van der Waals surface area contributed by atoms with Crippen molar-refractivity contribution in [2.75, 3.05) is 6.54 Å². The van der Waals surface area contributed by atoms with Crippen LogP contribution in [0.25, 0.3) is 0 Å². The van der Waals surface area contributed by atoms with Crippen molar-refractivity contribution in [2.24, 2.45) is 0 Å². The van der Waals surface area contributed by atoms with Crippen LogP contribution in [0.15, 0.2) is 45.5 Å². The quantitative estimate of drug-likeness (QED) is 0.802. The Balaban J connectivity index is 1.79. The van der Waals surface area contributed by atoms with Crippen LogP contribution in [-0.4, -0.2) is 17.6 Å². The third-order valence-corrected chi connectivity index (χ3v) is 3.29. The summed E-state index contributed by atoms with van der Waals surface area (Å²) < 4.78 is 5.97. The van der Waals surface area contributed by atoms with Crippen LogP contribution in [0, 0.1) is 0 Å². The molecule has 0 bridgehead atoms. The van der Waals surface area contributed by atoms with Crippen molar-refractivity contribution in [3.8, 4) is 0 Å². The van der Waals surface area contributed by atoms with E-state index in [0.29, 0.717) is 12.1 Å². The summed E-state index contributed by atoms with van der Waals surface area (Å²) in [6.07, 6.45) is 2.29. The van der Waals surface area contributed by atoms with Crippen molar-refractivity contribution < 1.29 is 14.3 Å². The minimum absolute atomic E-state index is 0.0103. The zero-order chi connectivity index (χ0) is 13.7. The fourth-order valence-corrected chi connectivity index (χ4v) is 2.03. The maximum absolute atomic E-state index is 10.8. The summed E-state index contributed by atoms with van der Waals surface area (Å²) in [5.74, 6) is -1.02. The van der Waals surface area contributed by atoms with Crippen molar-refractivity contribution >= 4 is 21.9 Å². The highest BCUT2D eigenvalue weighted by molar-refractivity contribution is 9.10. The normalized spacial score (nSPS) is 10.6. The lowest BCUT2D eigenvalue weighted by Crippen LogP contribution is -2.17. The number of aromatic carboxylic acids is 1. The average molecular weight is 324 g/mol. The zero-order valence-corrected chi connectivity index (χ0v) is 11.8. The predicted molar refractivity (Wildman–Crippen MR) is 75.2 cm³/mol. The van der Waals surface area contributed by atoms with Crippen molar-refractivity contribution in [1.29, 1.82) is 0 Å². The Hall–Kier alpha value is -1.59. The molecule has 0 amide bonds. The number of rotatable bonds is 6. The number of furan rings is 1. The minimum Gasteiger partial charge on any atom is -0.475 e. The second kappa shape index (κ2) is 6.54. The van der Waals surface area contributed by atoms with Gasteiger partial charge in [0.25, 0.3) is 0 Å². The number of carboxylic acids is 1. The van der Waals surface area contributed by atoms with E-state index in [0.717, 1.165) is 17.4 Å². The van der Waals surface area contributed by atoms with Crippen LogP contribution < -0.4 is 5.32 Å². The molecule has 0 saturated carbocycles. The summed E-state index contributed by atoms with van der Waals surface area (Å²) in [7, 11) is 0. The van der Waals surface area contributed by atoms with Gasteiger partial charge in [-0.15, -0.1) is 0 Å². The molecule has 2 aromatic rings. The smallest absolute Gasteiger partial charge is 0.372 e. The predicted octanol–water partition coefficient (Wildman–Crippen LogP) is 3.07. The molecule has 0 unspecified atom stereocenters. The second-order valence-corrected chi connectivity index (χ2v) is 5.05. The maximum Gasteiger partial charge on any atom is 0.372 e. The van der Waals surface area contributed by atoms with Gasteiger partial charge in [0.15, 0.2) is 0 Å². The van der Waals surface area contributed by atoms with E-state index in [4.69, 9.17) is 9.52 Å². The van der Waals surface area contributed by atoms with Gasteiger partial charge in [0.2, 0.25) is 5.76 Å². The molecule has 0 aliphatic heterocycles. The van der Waals surface area contributed by atoms with Crippen LogP contribution in [0.4, 0.5) is 0 Å². The van der Waals surface area contributed by atoms with Gasteiger partial charge in [-0.05, 0) is 36.7 Å². The number of hydrogen-bond acceptors (Lipinski definition) is 3. The molecule has 4 nitrogen and oxygen atoms in total. The SMILES string of the molecule is O=C(O)c1occc1CNCCc1ccc(Br)cc1. The van der Waals surface area contributed by atoms with Gasteiger partial charge >= 0.3 is 5.97 Å². The molecule has 0 radical (unpaired) electrons. The van der Waals surface area contributed by atoms with Gasteiger partial charge in [0, 0.05) is 16.6 Å². The van der Waals surface area contributed by atoms with Crippen molar-refractivity contribution in [2.45, 2.75) is 13.0 Å². The van der Waals surface area contributed by atoms with Crippen LogP contribution >= 0.6 is 15.9 Å².